The highest BCUT2D eigenvalue weighted by Crippen LogP contribution is 2.43. The second-order valence-corrected chi connectivity index (χ2v) is 8.10. The van der Waals surface area contributed by atoms with Gasteiger partial charge in [-0.1, -0.05) is 74.5 Å². The number of hydrogen-bond acceptors (Lipinski definition) is 6. The maximum Gasteiger partial charge on any atom is 0.210 e. The van der Waals surface area contributed by atoms with E-state index in [1.54, 1.807) is 74.5 Å². The molecule has 1 aliphatic rings. The number of rotatable bonds is 10. The van der Waals surface area contributed by atoms with Gasteiger partial charge in [0.25, 0.3) is 0 Å². The molecule has 0 spiro atoms. The molecule has 3 rings (SSSR count). The van der Waals surface area contributed by atoms with E-state index in [4.69, 9.17) is 4.74 Å². The van der Waals surface area contributed by atoms with Crippen molar-refractivity contribution in [2.45, 2.75) is 38.9 Å². The lowest BCUT2D eigenvalue weighted by molar-refractivity contribution is -0.189. The van der Waals surface area contributed by atoms with Crippen molar-refractivity contribution in [3.8, 4) is 0 Å². The van der Waals surface area contributed by atoms with Crippen molar-refractivity contribution in [2.24, 2.45) is 5.92 Å². The highest BCUT2D eigenvalue weighted by Gasteiger charge is 2.53. The average Bonchev–Trinajstić information content (AvgIpc) is 2.88. The number of ketones is 4. The van der Waals surface area contributed by atoms with Gasteiger partial charge in [-0.15, -0.1) is 0 Å². The van der Waals surface area contributed by atoms with Crippen molar-refractivity contribution < 1.29 is 29.0 Å². The molecule has 176 valence electrons. The molecule has 1 aliphatic carbocycles. The fourth-order valence-electron chi connectivity index (χ4n) is 4.23. The molecule has 0 saturated carbocycles. The largest absolute Gasteiger partial charge is 0.361 e. The van der Waals surface area contributed by atoms with E-state index in [1.165, 1.54) is 13.2 Å². The second-order valence-electron chi connectivity index (χ2n) is 8.10. The summed E-state index contributed by atoms with van der Waals surface area (Å²) in [4.78, 5) is 53.7. The number of methoxy groups -OCH3 is 1. The van der Waals surface area contributed by atoms with Crippen LogP contribution in [-0.4, -0.2) is 41.1 Å². The van der Waals surface area contributed by atoms with Gasteiger partial charge in [0.1, 0.15) is 11.7 Å². The van der Waals surface area contributed by atoms with E-state index in [1.807, 2.05) is 0 Å². The van der Waals surface area contributed by atoms with E-state index in [2.05, 4.69) is 0 Å². The number of carbonyl (C=O) groups is 4. The Labute approximate surface area is 198 Å². The van der Waals surface area contributed by atoms with Crippen molar-refractivity contribution >= 4 is 23.1 Å². The zero-order valence-corrected chi connectivity index (χ0v) is 19.5. The molecule has 2 aromatic rings. The van der Waals surface area contributed by atoms with Crippen LogP contribution in [-0.2, 0) is 14.3 Å². The number of allylic oxidation sites excluding steroid dienone is 2. The molecule has 0 radical (unpaired) electrons. The summed E-state index contributed by atoms with van der Waals surface area (Å²) in [6.45, 7) is 3.40. The summed E-state index contributed by atoms with van der Waals surface area (Å²) < 4.78 is 5.39. The zero-order chi connectivity index (χ0) is 24.9. The first-order valence-corrected chi connectivity index (χ1v) is 11.3. The fourth-order valence-corrected chi connectivity index (χ4v) is 4.23. The lowest BCUT2D eigenvalue weighted by Crippen LogP contribution is -2.52. The van der Waals surface area contributed by atoms with Crippen LogP contribution in [0.1, 0.15) is 53.8 Å². The molecular formula is C28H28O6. The van der Waals surface area contributed by atoms with Crippen LogP contribution in [0.15, 0.2) is 83.5 Å². The number of aliphatic hydroxyl groups is 1. The Kier molecular flexibility index (Phi) is 7.87. The highest BCUT2D eigenvalue weighted by atomic mass is 16.6. The van der Waals surface area contributed by atoms with Crippen molar-refractivity contribution in [3.05, 3.63) is 94.6 Å². The van der Waals surface area contributed by atoms with Crippen LogP contribution in [0, 0.1) is 5.92 Å². The smallest absolute Gasteiger partial charge is 0.210 e. The minimum Gasteiger partial charge on any atom is -0.361 e. The molecule has 2 atom stereocenters. The normalized spacial score (nSPS) is 20.0. The van der Waals surface area contributed by atoms with Crippen molar-refractivity contribution in [3.63, 3.8) is 0 Å². The molecule has 34 heavy (non-hydrogen) atoms. The SMILES string of the molecule is CCCC(=O)C1C(C(=O)c2ccccc2)=C(C(=O)c2ccccc2)C=C(C(=O)CC)C1(O)OC. The first-order valence-electron chi connectivity index (χ1n) is 11.3. The van der Waals surface area contributed by atoms with Crippen molar-refractivity contribution in [2.75, 3.05) is 7.11 Å². The molecule has 6 heteroatoms. The van der Waals surface area contributed by atoms with Crippen molar-refractivity contribution in [1.82, 2.24) is 0 Å². The van der Waals surface area contributed by atoms with Gasteiger partial charge in [-0.25, -0.2) is 0 Å². The van der Waals surface area contributed by atoms with Crippen LogP contribution in [0.4, 0.5) is 0 Å². The monoisotopic (exact) mass is 460 g/mol. The molecule has 0 amide bonds. The first-order chi connectivity index (χ1) is 16.3. The third kappa shape index (κ3) is 4.60. The maximum atomic E-state index is 13.8. The van der Waals surface area contributed by atoms with E-state index in [0.29, 0.717) is 12.0 Å². The highest BCUT2D eigenvalue weighted by molar-refractivity contribution is 6.23. The van der Waals surface area contributed by atoms with E-state index in [0.717, 1.165) is 0 Å². The minimum absolute atomic E-state index is 0.0148. The molecule has 0 bridgehead atoms. The predicted octanol–water partition coefficient (Wildman–Crippen LogP) is 4.29. The number of hydrogen-bond donors (Lipinski definition) is 1. The molecule has 0 aromatic heterocycles. The summed E-state index contributed by atoms with van der Waals surface area (Å²) in [5, 5.41) is 11.6. The Morgan fingerprint density at radius 3 is 1.88 bits per heavy atom. The third-order valence-electron chi connectivity index (χ3n) is 5.96. The molecule has 1 N–H and O–H groups in total. The van der Waals surface area contributed by atoms with Crippen LogP contribution in [0.3, 0.4) is 0 Å². The Hall–Kier alpha value is -3.48. The van der Waals surface area contributed by atoms with E-state index in [-0.39, 0.29) is 35.1 Å². The molecule has 2 unspecified atom stereocenters. The number of ether oxygens (including phenoxy) is 1. The zero-order valence-electron chi connectivity index (χ0n) is 19.5. The van der Waals surface area contributed by atoms with E-state index in [9.17, 15) is 24.3 Å². The molecule has 0 saturated heterocycles. The van der Waals surface area contributed by atoms with Gasteiger partial charge in [0, 0.05) is 42.2 Å². The quantitative estimate of drug-likeness (QED) is 0.420. The second kappa shape index (κ2) is 10.6. The first kappa shape index (κ1) is 25.1. The van der Waals surface area contributed by atoms with Crippen LogP contribution >= 0.6 is 0 Å². The summed E-state index contributed by atoms with van der Waals surface area (Å²) >= 11 is 0. The van der Waals surface area contributed by atoms with Gasteiger partial charge in [0.2, 0.25) is 5.79 Å². The van der Waals surface area contributed by atoms with Gasteiger partial charge in [-0.2, -0.15) is 0 Å². The summed E-state index contributed by atoms with van der Waals surface area (Å²) in [6, 6.07) is 16.5. The number of benzene rings is 2. The third-order valence-corrected chi connectivity index (χ3v) is 5.96. The summed E-state index contributed by atoms with van der Waals surface area (Å²) in [7, 11) is 1.18. The molecular weight excluding hydrogens is 432 g/mol. The summed E-state index contributed by atoms with van der Waals surface area (Å²) in [6.07, 6.45) is 1.71. The Morgan fingerprint density at radius 1 is 0.882 bits per heavy atom. The van der Waals surface area contributed by atoms with Crippen LogP contribution < -0.4 is 0 Å². The van der Waals surface area contributed by atoms with Crippen LogP contribution in [0.25, 0.3) is 0 Å². The molecule has 6 nitrogen and oxygen atoms in total. The van der Waals surface area contributed by atoms with Crippen LogP contribution in [0.5, 0.6) is 0 Å². The minimum atomic E-state index is -2.38. The Bertz CT molecular complexity index is 1160. The Morgan fingerprint density at radius 2 is 1.41 bits per heavy atom. The van der Waals surface area contributed by atoms with Gasteiger partial charge < -0.3 is 9.84 Å². The fraction of sp³-hybridized carbons (Fsp3) is 0.286. The molecule has 0 fully saturated rings. The van der Waals surface area contributed by atoms with E-state index < -0.39 is 34.8 Å². The average molecular weight is 461 g/mol. The molecule has 0 heterocycles. The predicted molar refractivity (Wildman–Crippen MR) is 127 cm³/mol. The topological polar surface area (TPSA) is 97.7 Å². The van der Waals surface area contributed by atoms with Gasteiger partial charge in [-0.3, -0.25) is 19.2 Å². The number of carbonyl (C=O) groups excluding carboxylic acids is 4. The lowest BCUT2D eigenvalue weighted by atomic mass is 9.70. The molecule has 2 aromatic carbocycles. The van der Waals surface area contributed by atoms with Gasteiger partial charge in [0.05, 0.1) is 5.57 Å². The van der Waals surface area contributed by atoms with Gasteiger partial charge >= 0.3 is 0 Å². The summed E-state index contributed by atoms with van der Waals surface area (Å²) in [5.41, 5.74) is 0.0709. The van der Waals surface area contributed by atoms with Crippen molar-refractivity contribution in [1.29, 1.82) is 0 Å². The van der Waals surface area contributed by atoms with Gasteiger partial charge in [-0.05, 0) is 12.5 Å². The molecule has 0 aliphatic heterocycles. The lowest BCUT2D eigenvalue weighted by Gasteiger charge is -2.39. The maximum absolute atomic E-state index is 13.8. The van der Waals surface area contributed by atoms with E-state index >= 15 is 0 Å². The number of Topliss-reactive ketones (excluding diaryl/α,β-unsaturated/α-hetero) is 4. The standard InChI is InChI=1S/C28H28O6/c1-4-12-23(30)25-24(27(32)19-15-10-7-11-16-19)20(26(31)18-13-8-6-9-14-18)17-21(22(29)5-2)28(25,33)34-3/h6-11,13-17,25,33H,4-5,12H2,1-3H3. The van der Waals surface area contributed by atoms with Crippen LogP contribution in [0.2, 0.25) is 0 Å². The van der Waals surface area contributed by atoms with Gasteiger partial charge in [0.15, 0.2) is 17.3 Å². The Balaban J connectivity index is 2.40. The summed E-state index contributed by atoms with van der Waals surface area (Å²) in [5.74, 6) is -5.98.